The van der Waals surface area contributed by atoms with Gasteiger partial charge in [0.25, 0.3) is 0 Å². The first-order valence-electron chi connectivity index (χ1n) is 7.89. The molecule has 24 heavy (non-hydrogen) atoms. The molecule has 0 unspecified atom stereocenters. The SMILES string of the molecule is [C-]#[N+]c1cccc2c1oc1ccc(C)c(-c3ccc(C)c[n+]3C)c12. The molecular formula is C21H17N2O+. The van der Waals surface area contributed by atoms with Crippen molar-refractivity contribution in [2.24, 2.45) is 7.05 Å². The lowest BCUT2D eigenvalue weighted by molar-refractivity contribution is -0.660. The van der Waals surface area contributed by atoms with E-state index in [9.17, 15) is 0 Å². The smallest absolute Gasteiger partial charge is 0.229 e. The van der Waals surface area contributed by atoms with Crippen LogP contribution in [0.3, 0.4) is 0 Å². The third-order valence-electron chi connectivity index (χ3n) is 4.51. The van der Waals surface area contributed by atoms with Crippen LogP contribution in [-0.2, 0) is 7.05 Å². The van der Waals surface area contributed by atoms with E-state index in [0.717, 1.165) is 27.6 Å². The Morgan fingerprint density at radius 3 is 2.62 bits per heavy atom. The third-order valence-corrected chi connectivity index (χ3v) is 4.51. The molecular weight excluding hydrogens is 296 g/mol. The summed E-state index contributed by atoms with van der Waals surface area (Å²) in [5.74, 6) is 0. The lowest BCUT2D eigenvalue weighted by atomic mass is 9.97. The van der Waals surface area contributed by atoms with Crippen LogP contribution >= 0.6 is 0 Å². The van der Waals surface area contributed by atoms with E-state index >= 15 is 0 Å². The number of aromatic nitrogens is 1. The van der Waals surface area contributed by atoms with Gasteiger partial charge < -0.3 is 4.42 Å². The van der Waals surface area contributed by atoms with Crippen LogP contribution in [0.5, 0.6) is 0 Å². The predicted octanol–water partition coefficient (Wildman–Crippen LogP) is 5.25. The van der Waals surface area contributed by atoms with Crippen molar-refractivity contribution in [3.05, 3.63) is 71.2 Å². The van der Waals surface area contributed by atoms with Gasteiger partial charge in [0.15, 0.2) is 6.20 Å². The minimum absolute atomic E-state index is 0.556. The fourth-order valence-corrected chi connectivity index (χ4v) is 3.40. The van der Waals surface area contributed by atoms with E-state index in [1.807, 2.05) is 18.2 Å². The number of para-hydroxylation sites is 1. The van der Waals surface area contributed by atoms with Gasteiger partial charge in [-0.05, 0) is 31.5 Å². The second-order valence-corrected chi connectivity index (χ2v) is 6.20. The van der Waals surface area contributed by atoms with Crippen LogP contribution in [0.2, 0.25) is 0 Å². The van der Waals surface area contributed by atoms with Gasteiger partial charge in [0, 0.05) is 22.4 Å². The van der Waals surface area contributed by atoms with Crippen molar-refractivity contribution in [3.63, 3.8) is 0 Å². The molecule has 4 rings (SSSR count). The number of hydrogen-bond donors (Lipinski definition) is 0. The monoisotopic (exact) mass is 313 g/mol. The molecule has 2 heterocycles. The highest BCUT2D eigenvalue weighted by molar-refractivity contribution is 6.15. The van der Waals surface area contributed by atoms with Crippen molar-refractivity contribution in [3.8, 4) is 11.3 Å². The number of fused-ring (bicyclic) bond motifs is 3. The zero-order valence-corrected chi connectivity index (χ0v) is 13.9. The number of pyridine rings is 1. The van der Waals surface area contributed by atoms with Crippen LogP contribution in [0.1, 0.15) is 11.1 Å². The van der Waals surface area contributed by atoms with Crippen molar-refractivity contribution in [1.82, 2.24) is 0 Å². The predicted molar refractivity (Wildman–Crippen MR) is 96.1 cm³/mol. The maximum absolute atomic E-state index is 7.38. The molecule has 0 spiro atoms. The average Bonchev–Trinajstić information content (AvgIpc) is 2.94. The zero-order valence-electron chi connectivity index (χ0n) is 13.9. The lowest BCUT2D eigenvalue weighted by Crippen LogP contribution is -2.31. The molecule has 0 atom stereocenters. The van der Waals surface area contributed by atoms with Gasteiger partial charge >= 0.3 is 0 Å². The highest BCUT2D eigenvalue weighted by Gasteiger charge is 2.21. The van der Waals surface area contributed by atoms with E-state index in [0.29, 0.717) is 11.3 Å². The maximum Gasteiger partial charge on any atom is 0.229 e. The van der Waals surface area contributed by atoms with Crippen LogP contribution in [0.4, 0.5) is 5.69 Å². The quantitative estimate of drug-likeness (QED) is 0.347. The van der Waals surface area contributed by atoms with E-state index < -0.39 is 0 Å². The van der Waals surface area contributed by atoms with Crippen molar-refractivity contribution < 1.29 is 8.98 Å². The molecule has 0 aliphatic heterocycles. The molecule has 0 radical (unpaired) electrons. The molecule has 2 aromatic carbocycles. The maximum atomic E-state index is 7.38. The molecule has 2 aromatic heterocycles. The number of nitrogens with zero attached hydrogens (tertiary/aromatic N) is 2. The molecule has 0 saturated carbocycles. The first kappa shape index (κ1) is 14.5. The summed E-state index contributed by atoms with van der Waals surface area (Å²) in [5.41, 5.74) is 6.76. The van der Waals surface area contributed by atoms with Crippen LogP contribution in [0, 0.1) is 20.4 Å². The average molecular weight is 313 g/mol. The summed E-state index contributed by atoms with van der Waals surface area (Å²) in [6, 6.07) is 14.1. The Bertz CT molecular complexity index is 1150. The lowest BCUT2D eigenvalue weighted by Gasteiger charge is -2.07. The highest BCUT2D eigenvalue weighted by Crippen LogP contribution is 2.40. The van der Waals surface area contributed by atoms with E-state index in [2.05, 4.69) is 54.7 Å². The second kappa shape index (κ2) is 5.21. The molecule has 0 N–H and O–H groups in total. The Morgan fingerprint density at radius 1 is 1.04 bits per heavy atom. The van der Waals surface area contributed by atoms with Crippen molar-refractivity contribution >= 4 is 27.6 Å². The Balaban J connectivity index is 2.19. The topological polar surface area (TPSA) is 21.4 Å². The highest BCUT2D eigenvalue weighted by atomic mass is 16.3. The minimum Gasteiger partial charge on any atom is -0.467 e. The van der Waals surface area contributed by atoms with Crippen LogP contribution < -0.4 is 4.57 Å². The normalized spacial score (nSPS) is 11.1. The molecule has 116 valence electrons. The summed E-state index contributed by atoms with van der Waals surface area (Å²) in [7, 11) is 2.06. The molecule has 3 heteroatoms. The Morgan fingerprint density at radius 2 is 1.88 bits per heavy atom. The summed E-state index contributed by atoms with van der Waals surface area (Å²) in [4.78, 5) is 3.60. The van der Waals surface area contributed by atoms with Crippen molar-refractivity contribution in [2.45, 2.75) is 13.8 Å². The first-order chi connectivity index (χ1) is 11.6. The third kappa shape index (κ3) is 2.00. The van der Waals surface area contributed by atoms with Gasteiger partial charge in [0.2, 0.25) is 11.4 Å². The minimum atomic E-state index is 0.556. The van der Waals surface area contributed by atoms with E-state index in [4.69, 9.17) is 11.0 Å². The summed E-state index contributed by atoms with van der Waals surface area (Å²) >= 11 is 0. The fraction of sp³-hybridized carbons (Fsp3) is 0.143. The first-order valence-corrected chi connectivity index (χ1v) is 7.89. The van der Waals surface area contributed by atoms with Crippen LogP contribution in [-0.4, -0.2) is 0 Å². The molecule has 0 aliphatic rings. The van der Waals surface area contributed by atoms with Gasteiger partial charge in [-0.1, -0.05) is 24.3 Å². The summed E-state index contributed by atoms with van der Waals surface area (Å²) in [5, 5.41) is 2.08. The largest absolute Gasteiger partial charge is 0.467 e. The Labute approximate surface area is 140 Å². The molecule has 0 fully saturated rings. The van der Waals surface area contributed by atoms with E-state index in [-0.39, 0.29) is 0 Å². The van der Waals surface area contributed by atoms with Crippen molar-refractivity contribution in [2.75, 3.05) is 0 Å². The number of hydrogen-bond acceptors (Lipinski definition) is 1. The number of rotatable bonds is 1. The molecule has 0 bridgehead atoms. The fourth-order valence-electron chi connectivity index (χ4n) is 3.40. The Kier molecular flexibility index (Phi) is 3.14. The second-order valence-electron chi connectivity index (χ2n) is 6.20. The zero-order chi connectivity index (χ0) is 16.8. The van der Waals surface area contributed by atoms with Crippen LogP contribution in [0.25, 0.3) is 38.0 Å². The molecule has 3 nitrogen and oxygen atoms in total. The van der Waals surface area contributed by atoms with Gasteiger partial charge in [-0.25, -0.2) is 9.41 Å². The number of benzene rings is 2. The summed E-state index contributed by atoms with van der Waals surface area (Å²) in [6.45, 7) is 11.6. The molecule has 4 aromatic rings. The summed E-state index contributed by atoms with van der Waals surface area (Å²) < 4.78 is 8.18. The molecule has 0 saturated heterocycles. The number of furan rings is 1. The van der Waals surface area contributed by atoms with Gasteiger partial charge in [0.1, 0.15) is 18.2 Å². The molecule has 0 amide bonds. The van der Waals surface area contributed by atoms with Gasteiger partial charge in [-0.3, -0.25) is 0 Å². The standard InChI is InChI=1S/C21H17N2O/c1-13-8-10-17(23(4)12-13)19-14(2)9-11-18-20(19)15-6-5-7-16(22-3)21(15)24-18/h5-12H,1-2,4H3/q+1. The van der Waals surface area contributed by atoms with E-state index in [1.165, 1.54) is 11.1 Å². The number of aryl methyl sites for hydroxylation is 3. The van der Waals surface area contributed by atoms with Gasteiger partial charge in [0.05, 0.1) is 12.1 Å². The van der Waals surface area contributed by atoms with Gasteiger partial charge in [-0.2, -0.15) is 0 Å². The van der Waals surface area contributed by atoms with Crippen molar-refractivity contribution in [1.29, 1.82) is 0 Å². The Hall–Kier alpha value is -3.12. The van der Waals surface area contributed by atoms with Gasteiger partial charge in [-0.15, -0.1) is 0 Å². The van der Waals surface area contributed by atoms with E-state index in [1.54, 1.807) is 6.07 Å². The summed E-state index contributed by atoms with van der Waals surface area (Å²) in [6.07, 6.45) is 2.13. The molecule has 0 aliphatic carbocycles. The van der Waals surface area contributed by atoms with Crippen LogP contribution in [0.15, 0.2) is 53.1 Å².